The third-order valence-corrected chi connectivity index (χ3v) is 3.97. The molecule has 8 heteroatoms. The van der Waals surface area contributed by atoms with Crippen LogP contribution in [0.5, 0.6) is 0 Å². The molecule has 0 amide bonds. The van der Waals surface area contributed by atoms with Gasteiger partial charge in [0.2, 0.25) is 0 Å². The number of allylic oxidation sites excluding steroid dienone is 1. The van der Waals surface area contributed by atoms with Crippen molar-refractivity contribution in [2.45, 2.75) is 20.8 Å². The number of fused-ring (bicyclic) bond motifs is 1. The van der Waals surface area contributed by atoms with Crippen LogP contribution in [0.1, 0.15) is 35.5 Å². The molecule has 5 nitrogen and oxygen atoms in total. The fraction of sp³-hybridized carbons (Fsp3) is 0.211. The Kier molecular flexibility index (Phi) is 4.73. The molecule has 1 aromatic carbocycles. The molecule has 0 aliphatic heterocycles. The van der Waals surface area contributed by atoms with Gasteiger partial charge >= 0.3 is 5.97 Å². The first kappa shape index (κ1) is 18.6. The Balaban J connectivity index is 2.42. The summed E-state index contributed by atoms with van der Waals surface area (Å²) in [4.78, 5) is 16.5. The van der Waals surface area contributed by atoms with Crippen LogP contribution in [0.4, 0.5) is 13.2 Å². The number of carbonyl (C=O) groups excluding carboxylic acids is 1. The Bertz CT molecular complexity index is 1090. The molecule has 0 saturated heterocycles. The van der Waals surface area contributed by atoms with Crippen molar-refractivity contribution in [3.8, 4) is 11.3 Å². The van der Waals surface area contributed by atoms with Gasteiger partial charge in [0.05, 0.1) is 17.9 Å². The maximum absolute atomic E-state index is 14.4. The summed E-state index contributed by atoms with van der Waals surface area (Å²) in [5.41, 5.74) is 1.12. The molecule has 0 bridgehead atoms. The molecule has 0 atom stereocenters. The van der Waals surface area contributed by atoms with E-state index < -0.39 is 23.4 Å². The smallest absolute Gasteiger partial charge is 0.359 e. The lowest BCUT2D eigenvalue weighted by molar-refractivity contribution is 0.0518. The standard InChI is InChI=1S/C19H16F3N3O2/c1-5-27-19(26)16-14(9(2)3)18-23-8-10(4)17(25(18)24-16)12-6-11(20)7-13(21)15(12)22/h6-8H,2,5H2,1,3-4H3. The van der Waals surface area contributed by atoms with Crippen molar-refractivity contribution >= 4 is 17.2 Å². The Morgan fingerprint density at radius 1 is 1.30 bits per heavy atom. The first-order valence-electron chi connectivity index (χ1n) is 8.12. The Morgan fingerprint density at radius 2 is 2.00 bits per heavy atom. The van der Waals surface area contributed by atoms with Crippen LogP contribution in [0.3, 0.4) is 0 Å². The van der Waals surface area contributed by atoms with E-state index in [1.54, 1.807) is 20.8 Å². The number of nitrogens with zero attached hydrogens (tertiary/aromatic N) is 3. The van der Waals surface area contributed by atoms with Crippen LogP contribution in [-0.4, -0.2) is 27.2 Å². The summed E-state index contributed by atoms with van der Waals surface area (Å²) in [7, 11) is 0. The average Bonchev–Trinajstić information content (AvgIpc) is 2.98. The number of aryl methyl sites for hydroxylation is 1. The molecule has 0 spiro atoms. The van der Waals surface area contributed by atoms with E-state index in [-0.39, 0.29) is 29.2 Å². The maximum Gasteiger partial charge on any atom is 0.359 e. The number of carbonyl (C=O) groups is 1. The highest BCUT2D eigenvalue weighted by Crippen LogP contribution is 2.31. The number of halogens is 3. The predicted octanol–water partition coefficient (Wildman–Crippen LogP) is 4.33. The molecule has 140 valence electrons. The number of hydrogen-bond donors (Lipinski definition) is 0. The summed E-state index contributed by atoms with van der Waals surface area (Å²) in [5.74, 6) is -4.19. The monoisotopic (exact) mass is 375 g/mol. The zero-order valence-electron chi connectivity index (χ0n) is 14.9. The number of rotatable bonds is 4. The van der Waals surface area contributed by atoms with E-state index >= 15 is 0 Å². The average molecular weight is 375 g/mol. The lowest BCUT2D eigenvalue weighted by Gasteiger charge is -2.10. The van der Waals surface area contributed by atoms with Crippen LogP contribution < -0.4 is 0 Å². The lowest BCUT2D eigenvalue weighted by atomic mass is 10.1. The number of ether oxygens (including phenoxy) is 1. The van der Waals surface area contributed by atoms with Gasteiger partial charge in [0.15, 0.2) is 23.0 Å². The third kappa shape index (κ3) is 3.07. The van der Waals surface area contributed by atoms with Crippen LogP contribution in [0.2, 0.25) is 0 Å². The van der Waals surface area contributed by atoms with Crippen molar-refractivity contribution in [1.29, 1.82) is 0 Å². The molecule has 2 heterocycles. The number of benzene rings is 1. The van der Waals surface area contributed by atoms with Gasteiger partial charge in [-0.1, -0.05) is 6.58 Å². The van der Waals surface area contributed by atoms with Gasteiger partial charge in [0, 0.05) is 17.8 Å². The van der Waals surface area contributed by atoms with Crippen LogP contribution in [0.15, 0.2) is 24.9 Å². The van der Waals surface area contributed by atoms with Crippen molar-refractivity contribution in [3.05, 3.63) is 59.2 Å². The molecule has 0 unspecified atom stereocenters. The lowest BCUT2D eigenvalue weighted by Crippen LogP contribution is -2.08. The topological polar surface area (TPSA) is 56.5 Å². The van der Waals surface area contributed by atoms with Gasteiger partial charge in [-0.2, -0.15) is 5.10 Å². The molecule has 2 aromatic heterocycles. The van der Waals surface area contributed by atoms with E-state index in [1.807, 2.05) is 0 Å². The van der Waals surface area contributed by atoms with Gasteiger partial charge in [0.1, 0.15) is 5.82 Å². The number of hydrogen-bond acceptors (Lipinski definition) is 4. The first-order valence-corrected chi connectivity index (χ1v) is 8.12. The molecule has 0 saturated carbocycles. The SMILES string of the molecule is C=C(C)c1c(C(=O)OCC)nn2c(-c3cc(F)cc(F)c3F)c(C)cnc12. The zero-order valence-corrected chi connectivity index (χ0v) is 14.9. The normalized spacial score (nSPS) is 11.0. The van der Waals surface area contributed by atoms with E-state index in [1.165, 1.54) is 10.7 Å². The second-order valence-electron chi connectivity index (χ2n) is 6.00. The van der Waals surface area contributed by atoms with Crippen LogP contribution in [0.25, 0.3) is 22.5 Å². The molecule has 0 aliphatic rings. The van der Waals surface area contributed by atoms with Gasteiger partial charge < -0.3 is 4.74 Å². The zero-order chi connectivity index (χ0) is 19.9. The van der Waals surface area contributed by atoms with Crippen molar-refractivity contribution in [2.75, 3.05) is 6.61 Å². The van der Waals surface area contributed by atoms with Gasteiger partial charge in [-0.25, -0.2) is 27.5 Å². The summed E-state index contributed by atoms with van der Waals surface area (Å²) in [6.07, 6.45) is 1.41. The summed E-state index contributed by atoms with van der Waals surface area (Å²) in [6.45, 7) is 8.85. The quantitative estimate of drug-likeness (QED) is 0.503. The Labute approximate surface area is 153 Å². The minimum atomic E-state index is -1.33. The van der Waals surface area contributed by atoms with Crippen molar-refractivity contribution in [1.82, 2.24) is 14.6 Å². The third-order valence-electron chi connectivity index (χ3n) is 3.97. The molecular formula is C19H16F3N3O2. The molecule has 0 radical (unpaired) electrons. The fourth-order valence-electron chi connectivity index (χ4n) is 2.86. The second kappa shape index (κ2) is 6.86. The van der Waals surface area contributed by atoms with E-state index in [0.717, 1.165) is 6.07 Å². The molecule has 0 N–H and O–H groups in total. The van der Waals surface area contributed by atoms with E-state index in [2.05, 4.69) is 16.7 Å². The molecule has 3 rings (SSSR count). The summed E-state index contributed by atoms with van der Waals surface area (Å²) in [5, 5.41) is 4.20. The molecular weight excluding hydrogens is 359 g/mol. The van der Waals surface area contributed by atoms with Crippen LogP contribution in [0, 0.1) is 24.4 Å². The van der Waals surface area contributed by atoms with Crippen LogP contribution >= 0.6 is 0 Å². The minimum Gasteiger partial charge on any atom is -0.461 e. The van der Waals surface area contributed by atoms with Gasteiger partial charge in [-0.3, -0.25) is 0 Å². The van der Waals surface area contributed by atoms with E-state index in [4.69, 9.17) is 4.74 Å². The highest BCUT2D eigenvalue weighted by molar-refractivity contribution is 5.97. The van der Waals surface area contributed by atoms with Gasteiger partial charge in [0.25, 0.3) is 0 Å². The fourth-order valence-corrected chi connectivity index (χ4v) is 2.86. The van der Waals surface area contributed by atoms with Crippen molar-refractivity contribution in [3.63, 3.8) is 0 Å². The van der Waals surface area contributed by atoms with Crippen LogP contribution in [-0.2, 0) is 4.74 Å². The molecule has 0 aliphatic carbocycles. The number of aromatic nitrogens is 3. The number of esters is 1. The van der Waals surface area contributed by atoms with Gasteiger partial charge in [-0.05, 0) is 38.0 Å². The van der Waals surface area contributed by atoms with Crippen molar-refractivity contribution in [2.24, 2.45) is 0 Å². The summed E-state index contributed by atoms with van der Waals surface area (Å²) >= 11 is 0. The second-order valence-corrected chi connectivity index (χ2v) is 6.00. The summed E-state index contributed by atoms with van der Waals surface area (Å²) in [6, 6.07) is 1.32. The Morgan fingerprint density at radius 3 is 2.63 bits per heavy atom. The highest BCUT2D eigenvalue weighted by atomic mass is 19.2. The molecule has 27 heavy (non-hydrogen) atoms. The van der Waals surface area contributed by atoms with Crippen molar-refractivity contribution < 1.29 is 22.7 Å². The van der Waals surface area contributed by atoms with Gasteiger partial charge in [-0.15, -0.1) is 0 Å². The largest absolute Gasteiger partial charge is 0.461 e. The summed E-state index contributed by atoms with van der Waals surface area (Å²) < 4.78 is 48.1. The highest BCUT2D eigenvalue weighted by Gasteiger charge is 2.26. The predicted molar refractivity (Wildman–Crippen MR) is 93.7 cm³/mol. The minimum absolute atomic E-state index is 0.0546. The Hall–Kier alpha value is -3.16. The first-order chi connectivity index (χ1) is 12.8. The van der Waals surface area contributed by atoms with E-state index in [9.17, 15) is 18.0 Å². The molecule has 3 aromatic rings. The maximum atomic E-state index is 14.4. The van der Waals surface area contributed by atoms with E-state index in [0.29, 0.717) is 22.8 Å². The molecule has 0 fully saturated rings.